The first-order chi connectivity index (χ1) is 16.6. The Morgan fingerprint density at radius 2 is 1.18 bits per heavy atom. The smallest absolute Gasteiger partial charge is 0.343 e. The third kappa shape index (κ3) is 11.6. The molecule has 0 amide bonds. The van der Waals surface area contributed by atoms with Gasteiger partial charge in [-0.1, -0.05) is 72.1 Å². The predicted octanol–water partition coefficient (Wildman–Crippen LogP) is 8.63. The summed E-state index contributed by atoms with van der Waals surface area (Å²) in [4.78, 5) is 12.4. The van der Waals surface area contributed by atoms with Crippen LogP contribution in [0.4, 0.5) is 0 Å². The lowest BCUT2D eigenvalue weighted by molar-refractivity contribution is 0.0734. The van der Waals surface area contributed by atoms with Gasteiger partial charge in [0.25, 0.3) is 0 Å². The molecule has 0 aromatic heterocycles. The van der Waals surface area contributed by atoms with Crippen LogP contribution in [0, 0.1) is 5.92 Å². The van der Waals surface area contributed by atoms with E-state index in [9.17, 15) is 4.79 Å². The van der Waals surface area contributed by atoms with Gasteiger partial charge in [-0.15, -0.1) is 0 Å². The number of esters is 1. The summed E-state index contributed by atoms with van der Waals surface area (Å²) in [6, 6.07) is 14.4. The van der Waals surface area contributed by atoms with Crippen molar-refractivity contribution in [1.82, 2.24) is 0 Å². The Morgan fingerprint density at radius 3 is 1.76 bits per heavy atom. The molecule has 1 atom stereocenters. The molecule has 0 N–H and O–H groups in total. The highest BCUT2D eigenvalue weighted by Gasteiger charge is 2.09. The quantitative estimate of drug-likeness (QED) is 0.125. The monoisotopic (exact) mass is 468 g/mol. The van der Waals surface area contributed by atoms with E-state index in [0.717, 1.165) is 30.3 Å². The van der Waals surface area contributed by atoms with Crippen LogP contribution < -0.4 is 14.2 Å². The largest absolute Gasteiger partial charge is 0.494 e. The van der Waals surface area contributed by atoms with Gasteiger partial charge < -0.3 is 14.2 Å². The lowest BCUT2D eigenvalue weighted by Gasteiger charge is -2.10. The third-order valence-corrected chi connectivity index (χ3v) is 6.20. The lowest BCUT2D eigenvalue weighted by Crippen LogP contribution is -2.08. The third-order valence-electron chi connectivity index (χ3n) is 6.20. The van der Waals surface area contributed by atoms with Crippen LogP contribution in [0.1, 0.15) is 102 Å². The van der Waals surface area contributed by atoms with Gasteiger partial charge in [0.2, 0.25) is 0 Å². The fraction of sp³-hybridized carbons (Fsp3) is 0.567. The Bertz CT molecular complexity index is 782. The Labute approximate surface area is 207 Å². The molecule has 0 radical (unpaired) electrons. The van der Waals surface area contributed by atoms with Crippen molar-refractivity contribution in [2.45, 2.75) is 91.4 Å². The molecule has 0 heterocycles. The van der Waals surface area contributed by atoms with Crippen LogP contribution >= 0.6 is 0 Å². The van der Waals surface area contributed by atoms with E-state index in [1.54, 1.807) is 24.3 Å². The summed E-state index contributed by atoms with van der Waals surface area (Å²) in [5, 5.41) is 0. The van der Waals surface area contributed by atoms with Crippen molar-refractivity contribution >= 4 is 5.97 Å². The van der Waals surface area contributed by atoms with Crippen LogP contribution in [0.5, 0.6) is 17.2 Å². The summed E-state index contributed by atoms with van der Waals surface area (Å²) in [5.74, 6) is 2.45. The van der Waals surface area contributed by atoms with Crippen molar-refractivity contribution in [1.29, 1.82) is 0 Å². The van der Waals surface area contributed by atoms with Gasteiger partial charge in [0.05, 0.1) is 18.8 Å². The molecule has 0 aliphatic carbocycles. The average Bonchev–Trinajstić information content (AvgIpc) is 2.86. The van der Waals surface area contributed by atoms with Crippen LogP contribution in [-0.2, 0) is 0 Å². The zero-order valence-electron chi connectivity index (χ0n) is 21.5. The summed E-state index contributed by atoms with van der Waals surface area (Å²) < 4.78 is 17.1. The van der Waals surface area contributed by atoms with Crippen molar-refractivity contribution in [3.8, 4) is 17.2 Å². The molecule has 2 aromatic rings. The zero-order valence-corrected chi connectivity index (χ0v) is 21.5. The van der Waals surface area contributed by atoms with E-state index in [1.807, 2.05) is 24.3 Å². The second-order valence-corrected chi connectivity index (χ2v) is 9.21. The molecule has 0 aliphatic heterocycles. The number of benzene rings is 2. The number of carbonyl (C=O) groups excluding carboxylic acids is 1. The lowest BCUT2D eigenvalue weighted by atomic mass is 10.0. The summed E-state index contributed by atoms with van der Waals surface area (Å²) in [5.41, 5.74) is 0.504. The maximum atomic E-state index is 12.4. The van der Waals surface area contributed by atoms with Gasteiger partial charge in [0.15, 0.2) is 0 Å². The molecule has 0 aliphatic rings. The van der Waals surface area contributed by atoms with Gasteiger partial charge in [0, 0.05) is 0 Å². The molecule has 0 saturated heterocycles. The fourth-order valence-electron chi connectivity index (χ4n) is 3.71. The minimum atomic E-state index is -0.378. The standard InChI is InChI=1S/C30H44O4/c1-4-6-7-8-9-10-11-12-23-32-27-17-15-26(16-18-27)30(31)34-29-21-19-28(20-22-29)33-24-13-14-25(3)5-2/h15-22,25H,4-14,23-24H2,1-3H3/t25-/m1/s1. The molecule has 34 heavy (non-hydrogen) atoms. The maximum Gasteiger partial charge on any atom is 0.343 e. The first-order valence-electron chi connectivity index (χ1n) is 13.3. The van der Waals surface area contributed by atoms with E-state index in [-0.39, 0.29) is 5.97 Å². The highest BCUT2D eigenvalue weighted by molar-refractivity contribution is 5.91. The molecule has 0 saturated carbocycles. The van der Waals surface area contributed by atoms with E-state index in [0.29, 0.717) is 24.5 Å². The van der Waals surface area contributed by atoms with Crippen LogP contribution in [0.3, 0.4) is 0 Å². The van der Waals surface area contributed by atoms with E-state index < -0.39 is 0 Å². The molecular weight excluding hydrogens is 424 g/mol. The first-order valence-corrected chi connectivity index (χ1v) is 13.3. The topological polar surface area (TPSA) is 44.8 Å². The van der Waals surface area contributed by atoms with Crippen molar-refractivity contribution in [3.05, 3.63) is 54.1 Å². The number of rotatable bonds is 18. The van der Waals surface area contributed by atoms with Gasteiger partial charge >= 0.3 is 5.97 Å². The SMILES string of the molecule is CCCCCCCCCCOc1ccc(C(=O)Oc2ccc(OCCC[C@H](C)CC)cc2)cc1. The maximum absolute atomic E-state index is 12.4. The Hall–Kier alpha value is -2.49. The van der Waals surface area contributed by atoms with Crippen molar-refractivity contribution in [3.63, 3.8) is 0 Å². The Morgan fingerprint density at radius 1 is 0.676 bits per heavy atom. The number of ether oxygens (including phenoxy) is 3. The van der Waals surface area contributed by atoms with Gasteiger partial charge in [-0.25, -0.2) is 4.79 Å². The van der Waals surface area contributed by atoms with Gasteiger partial charge in [-0.2, -0.15) is 0 Å². The van der Waals surface area contributed by atoms with Crippen molar-refractivity contribution < 1.29 is 19.0 Å². The molecule has 2 rings (SSSR count). The minimum Gasteiger partial charge on any atom is -0.494 e. The molecule has 0 fully saturated rings. The molecule has 0 bridgehead atoms. The fourth-order valence-corrected chi connectivity index (χ4v) is 3.71. The molecule has 2 aromatic carbocycles. The Balaban J connectivity index is 1.64. The van der Waals surface area contributed by atoms with Crippen molar-refractivity contribution in [2.75, 3.05) is 13.2 Å². The normalized spacial score (nSPS) is 11.7. The number of hydrogen-bond acceptors (Lipinski definition) is 4. The average molecular weight is 469 g/mol. The van der Waals surface area contributed by atoms with E-state index in [1.165, 1.54) is 57.8 Å². The first kappa shape index (κ1) is 27.8. The van der Waals surface area contributed by atoms with Crippen molar-refractivity contribution in [2.24, 2.45) is 5.92 Å². The molecule has 0 spiro atoms. The molecule has 4 nitrogen and oxygen atoms in total. The second kappa shape index (κ2) is 17.0. The highest BCUT2D eigenvalue weighted by atomic mass is 16.5. The summed E-state index contributed by atoms with van der Waals surface area (Å²) in [6.45, 7) is 8.15. The second-order valence-electron chi connectivity index (χ2n) is 9.21. The van der Waals surface area contributed by atoms with Crippen LogP contribution in [0.15, 0.2) is 48.5 Å². The summed E-state index contributed by atoms with van der Waals surface area (Å²) in [7, 11) is 0. The summed E-state index contributed by atoms with van der Waals surface area (Å²) >= 11 is 0. The molecule has 4 heteroatoms. The van der Waals surface area contributed by atoms with Crippen LogP contribution in [-0.4, -0.2) is 19.2 Å². The number of hydrogen-bond donors (Lipinski definition) is 0. The predicted molar refractivity (Wildman–Crippen MR) is 140 cm³/mol. The van der Waals surface area contributed by atoms with E-state index in [2.05, 4.69) is 20.8 Å². The Kier molecular flexibility index (Phi) is 13.9. The minimum absolute atomic E-state index is 0.378. The van der Waals surface area contributed by atoms with Crippen LogP contribution in [0.25, 0.3) is 0 Å². The molecule has 0 unspecified atom stereocenters. The van der Waals surface area contributed by atoms with E-state index >= 15 is 0 Å². The number of carbonyl (C=O) groups is 1. The number of unbranched alkanes of at least 4 members (excludes halogenated alkanes) is 7. The molecule has 188 valence electrons. The van der Waals surface area contributed by atoms with E-state index in [4.69, 9.17) is 14.2 Å². The zero-order chi connectivity index (χ0) is 24.4. The van der Waals surface area contributed by atoms with Gasteiger partial charge in [-0.3, -0.25) is 0 Å². The summed E-state index contributed by atoms with van der Waals surface area (Å²) in [6.07, 6.45) is 13.7. The van der Waals surface area contributed by atoms with Gasteiger partial charge in [-0.05, 0) is 73.7 Å². The van der Waals surface area contributed by atoms with Crippen LogP contribution in [0.2, 0.25) is 0 Å². The highest BCUT2D eigenvalue weighted by Crippen LogP contribution is 2.20. The van der Waals surface area contributed by atoms with Gasteiger partial charge in [0.1, 0.15) is 17.2 Å². The molecular formula is C30H44O4.